The number of benzene rings is 3. The lowest BCUT2D eigenvalue weighted by atomic mass is 9.89. The molecule has 2 heterocycles. The normalized spacial score (nSPS) is 15.4. The van der Waals surface area contributed by atoms with Crippen LogP contribution in [0.5, 0.6) is 0 Å². The summed E-state index contributed by atoms with van der Waals surface area (Å²) in [4.78, 5) is 19.7. The van der Waals surface area contributed by atoms with Crippen LogP contribution in [0.4, 0.5) is 5.69 Å². The molecule has 0 N–H and O–H groups in total. The van der Waals surface area contributed by atoms with Gasteiger partial charge in [-0.25, -0.2) is 5.01 Å². The summed E-state index contributed by atoms with van der Waals surface area (Å²) in [6.07, 6.45) is 0.628. The summed E-state index contributed by atoms with van der Waals surface area (Å²) in [5.74, 6) is -0.0721. The van der Waals surface area contributed by atoms with Crippen LogP contribution >= 0.6 is 15.9 Å². The predicted molar refractivity (Wildman–Crippen MR) is 147 cm³/mol. The average molecular weight is 527 g/mol. The van der Waals surface area contributed by atoms with Crippen molar-refractivity contribution in [3.8, 4) is 11.1 Å². The lowest BCUT2D eigenvalue weighted by molar-refractivity contribution is -0.130. The van der Waals surface area contributed by atoms with Crippen molar-refractivity contribution in [1.82, 2.24) is 9.99 Å². The molecule has 0 radical (unpaired) electrons. The Kier molecular flexibility index (Phi) is 6.15. The minimum Gasteiger partial charge on any atom is -0.378 e. The lowest BCUT2D eigenvalue weighted by Crippen LogP contribution is -2.24. The third kappa shape index (κ3) is 4.34. The molecule has 1 atom stereocenters. The monoisotopic (exact) mass is 526 g/mol. The van der Waals surface area contributed by atoms with E-state index in [4.69, 9.17) is 10.1 Å². The van der Waals surface area contributed by atoms with Gasteiger partial charge in [0.1, 0.15) is 0 Å². The van der Waals surface area contributed by atoms with Gasteiger partial charge in [0, 0.05) is 59.8 Å². The Bertz CT molecular complexity index is 1450. The maximum Gasteiger partial charge on any atom is 0.240 e. The van der Waals surface area contributed by atoms with E-state index in [1.54, 1.807) is 11.9 Å². The molecule has 0 unspecified atom stereocenters. The average Bonchev–Trinajstić information content (AvgIpc) is 3.29. The van der Waals surface area contributed by atoms with Crippen LogP contribution < -0.4 is 4.90 Å². The van der Waals surface area contributed by atoms with E-state index in [2.05, 4.69) is 63.3 Å². The van der Waals surface area contributed by atoms with Gasteiger partial charge in [0.25, 0.3) is 0 Å². The molecule has 1 aliphatic heterocycles. The summed E-state index contributed by atoms with van der Waals surface area (Å²) < 4.78 is 0.997. The fraction of sp³-hybridized carbons (Fsp3) is 0.207. The molecule has 0 saturated heterocycles. The summed E-state index contributed by atoms with van der Waals surface area (Å²) in [7, 11) is 4.04. The molecule has 0 bridgehead atoms. The van der Waals surface area contributed by atoms with Gasteiger partial charge in [0.05, 0.1) is 17.3 Å². The van der Waals surface area contributed by atoms with Gasteiger partial charge in [-0.2, -0.15) is 5.10 Å². The van der Waals surface area contributed by atoms with Crippen molar-refractivity contribution in [3.05, 3.63) is 94.1 Å². The predicted octanol–water partition coefficient (Wildman–Crippen LogP) is 6.74. The third-order valence-corrected chi connectivity index (χ3v) is 7.00. The smallest absolute Gasteiger partial charge is 0.240 e. The van der Waals surface area contributed by atoms with Gasteiger partial charge in [-0.3, -0.25) is 9.78 Å². The first-order chi connectivity index (χ1) is 16.8. The highest BCUT2D eigenvalue weighted by molar-refractivity contribution is 9.10. The van der Waals surface area contributed by atoms with Crippen molar-refractivity contribution in [2.24, 2.45) is 5.10 Å². The Balaban J connectivity index is 1.68. The molecule has 5 nitrogen and oxygen atoms in total. The number of carbonyl (C=O) groups is 1. The Labute approximate surface area is 214 Å². The molecule has 1 aliphatic rings. The van der Waals surface area contributed by atoms with E-state index >= 15 is 0 Å². The molecular formula is C29H27BrN4O. The fourth-order valence-corrected chi connectivity index (χ4v) is 5.18. The van der Waals surface area contributed by atoms with Crippen LogP contribution in [-0.4, -0.2) is 35.7 Å². The summed E-state index contributed by atoms with van der Waals surface area (Å²) >= 11 is 3.64. The molecule has 0 fully saturated rings. The van der Waals surface area contributed by atoms with E-state index < -0.39 is 0 Å². The summed E-state index contributed by atoms with van der Waals surface area (Å²) in [6, 6.07) is 24.7. The molecule has 0 spiro atoms. The molecule has 0 saturated carbocycles. The molecule has 1 amide bonds. The highest BCUT2D eigenvalue weighted by Gasteiger charge is 2.33. The second kappa shape index (κ2) is 9.27. The van der Waals surface area contributed by atoms with E-state index in [9.17, 15) is 4.79 Å². The number of hydrazone groups is 1. The van der Waals surface area contributed by atoms with Gasteiger partial charge in [-0.05, 0) is 48.4 Å². The number of rotatable bonds is 4. The van der Waals surface area contributed by atoms with Crippen LogP contribution in [0.25, 0.3) is 22.0 Å². The fourth-order valence-electron chi connectivity index (χ4n) is 4.82. The summed E-state index contributed by atoms with van der Waals surface area (Å²) in [5.41, 5.74) is 8.12. The number of halogens is 1. The molecule has 5 rings (SSSR count). The van der Waals surface area contributed by atoms with Gasteiger partial charge in [0.2, 0.25) is 5.91 Å². The van der Waals surface area contributed by atoms with Crippen molar-refractivity contribution in [3.63, 3.8) is 0 Å². The molecule has 176 valence electrons. The third-order valence-electron chi connectivity index (χ3n) is 6.51. The van der Waals surface area contributed by atoms with Gasteiger partial charge in [-0.1, -0.05) is 58.4 Å². The zero-order valence-electron chi connectivity index (χ0n) is 20.3. The van der Waals surface area contributed by atoms with Crippen LogP contribution in [-0.2, 0) is 4.79 Å². The summed E-state index contributed by atoms with van der Waals surface area (Å²) in [5, 5.41) is 7.57. The zero-order chi connectivity index (χ0) is 24.7. The number of fused-ring (bicyclic) bond motifs is 1. The molecule has 4 aromatic rings. The number of anilines is 1. The Morgan fingerprint density at radius 2 is 1.71 bits per heavy atom. The number of pyridine rings is 1. The number of nitrogens with zero attached hydrogens (tertiary/aromatic N) is 4. The zero-order valence-corrected chi connectivity index (χ0v) is 21.9. The Morgan fingerprint density at radius 1 is 1.00 bits per heavy atom. The first-order valence-electron chi connectivity index (χ1n) is 11.6. The molecule has 1 aromatic heterocycles. The number of hydrogen-bond acceptors (Lipinski definition) is 4. The quantitative estimate of drug-likeness (QED) is 0.296. The molecule has 6 heteroatoms. The first-order valence-corrected chi connectivity index (χ1v) is 12.4. The Morgan fingerprint density at radius 3 is 2.37 bits per heavy atom. The number of hydrogen-bond donors (Lipinski definition) is 0. The lowest BCUT2D eigenvalue weighted by Gasteiger charge is -2.21. The number of amides is 1. The molecule has 35 heavy (non-hydrogen) atoms. The van der Waals surface area contributed by atoms with Gasteiger partial charge < -0.3 is 4.90 Å². The second-order valence-corrected chi connectivity index (χ2v) is 10.0. The minimum atomic E-state index is -0.153. The van der Waals surface area contributed by atoms with E-state index in [0.29, 0.717) is 6.42 Å². The largest absolute Gasteiger partial charge is 0.378 e. The minimum absolute atomic E-state index is 0.0721. The number of aromatic nitrogens is 1. The van der Waals surface area contributed by atoms with E-state index in [0.717, 1.165) is 54.7 Å². The van der Waals surface area contributed by atoms with Gasteiger partial charge in [-0.15, -0.1) is 0 Å². The first kappa shape index (κ1) is 23.2. The SMILES string of the molecule is CC(=O)N1N=C(c2c(C)nc3ccc(Br)cc3c2-c2ccccc2)C[C@H]1c1ccc(N(C)C)cc1. The van der Waals surface area contributed by atoms with Crippen molar-refractivity contribution in [1.29, 1.82) is 0 Å². The highest BCUT2D eigenvalue weighted by Crippen LogP contribution is 2.40. The topological polar surface area (TPSA) is 48.8 Å². The molecule has 0 aliphatic carbocycles. The Hall–Kier alpha value is -3.51. The van der Waals surface area contributed by atoms with Crippen LogP contribution in [0.2, 0.25) is 0 Å². The van der Waals surface area contributed by atoms with Crippen molar-refractivity contribution in [2.75, 3.05) is 19.0 Å². The van der Waals surface area contributed by atoms with Crippen LogP contribution in [0, 0.1) is 6.92 Å². The number of carbonyl (C=O) groups excluding carboxylic acids is 1. The number of aryl methyl sites for hydroxylation is 1. The maximum atomic E-state index is 12.7. The molecular weight excluding hydrogens is 500 g/mol. The van der Waals surface area contributed by atoms with Gasteiger partial charge >= 0.3 is 0 Å². The standard InChI is InChI=1S/C29H27BrN4O/c1-18-28(29(21-8-6-5-7-9-21)24-16-22(30)12-15-25(24)31-18)26-17-27(34(32-26)19(2)35)20-10-13-23(14-11-20)33(3)4/h5-16,27H,17H2,1-4H3/t27-/m0/s1. The van der Waals surface area contributed by atoms with Crippen molar-refractivity contribution >= 4 is 44.1 Å². The van der Waals surface area contributed by atoms with E-state index in [-0.39, 0.29) is 11.9 Å². The van der Waals surface area contributed by atoms with Crippen LogP contribution in [0.1, 0.15) is 36.2 Å². The van der Waals surface area contributed by atoms with E-state index in [1.165, 1.54) is 0 Å². The highest BCUT2D eigenvalue weighted by atomic mass is 79.9. The van der Waals surface area contributed by atoms with E-state index in [1.807, 2.05) is 51.4 Å². The second-order valence-electron chi connectivity index (χ2n) is 9.09. The van der Waals surface area contributed by atoms with Crippen molar-refractivity contribution < 1.29 is 4.79 Å². The summed E-state index contributed by atoms with van der Waals surface area (Å²) in [6.45, 7) is 3.61. The van der Waals surface area contributed by atoms with Gasteiger partial charge in [0.15, 0.2) is 0 Å². The van der Waals surface area contributed by atoms with Crippen LogP contribution in [0.15, 0.2) is 82.4 Å². The molecule has 3 aromatic carbocycles. The van der Waals surface area contributed by atoms with Crippen molar-refractivity contribution in [2.45, 2.75) is 26.3 Å². The van der Waals surface area contributed by atoms with Crippen LogP contribution in [0.3, 0.4) is 0 Å². The maximum absolute atomic E-state index is 12.7.